The second-order valence-electron chi connectivity index (χ2n) is 2.84. The molecule has 0 saturated carbocycles. The number of hydrogen-bond donors (Lipinski definition) is 0. The van der Waals surface area contributed by atoms with E-state index in [1.54, 1.807) is 0 Å². The second kappa shape index (κ2) is 3.46. The molecule has 0 atom stereocenters. The molecule has 0 aliphatic carbocycles. The van der Waals surface area contributed by atoms with Crippen molar-refractivity contribution in [2.75, 3.05) is 0 Å². The molecule has 0 N–H and O–H groups in total. The largest absolute Gasteiger partial charge is 0.159 e. The molecule has 60 valence electrons. The van der Waals surface area contributed by atoms with E-state index in [9.17, 15) is 0 Å². The van der Waals surface area contributed by atoms with Crippen LogP contribution < -0.4 is 0 Å². The molecule has 11 heavy (non-hydrogen) atoms. The molecule has 0 aliphatic heterocycles. The lowest BCUT2D eigenvalue weighted by Crippen LogP contribution is -1.97. The molecule has 0 aromatic carbocycles. The zero-order valence-electron chi connectivity index (χ0n) is 7.39. The van der Waals surface area contributed by atoms with E-state index in [0.717, 1.165) is 12.1 Å². The summed E-state index contributed by atoms with van der Waals surface area (Å²) in [5.74, 6) is 0. The minimum Gasteiger partial charge on any atom is -0.159 e. The maximum atomic E-state index is 4.01. The Kier molecular flexibility index (Phi) is 2.58. The van der Waals surface area contributed by atoms with Crippen molar-refractivity contribution in [2.24, 2.45) is 0 Å². The van der Waals surface area contributed by atoms with Crippen LogP contribution in [0.5, 0.6) is 0 Å². The summed E-state index contributed by atoms with van der Waals surface area (Å²) in [6, 6.07) is 0. The van der Waals surface area contributed by atoms with E-state index in [1.165, 1.54) is 17.5 Å². The third-order valence-corrected chi connectivity index (χ3v) is 1.87. The predicted octanol–water partition coefficient (Wildman–Crippen LogP) is 2.05. The lowest BCUT2D eigenvalue weighted by Gasteiger charge is -2.04. The third-order valence-electron chi connectivity index (χ3n) is 1.87. The first-order chi connectivity index (χ1) is 5.25. The van der Waals surface area contributed by atoms with Crippen molar-refractivity contribution >= 4 is 0 Å². The number of aromatic nitrogens is 2. The van der Waals surface area contributed by atoms with Gasteiger partial charge in [0.05, 0.1) is 11.9 Å². The van der Waals surface area contributed by atoms with Gasteiger partial charge in [-0.2, -0.15) is 10.2 Å². The van der Waals surface area contributed by atoms with Gasteiger partial charge in [-0.15, -0.1) is 0 Å². The summed E-state index contributed by atoms with van der Waals surface area (Å²) in [4.78, 5) is 0. The molecule has 2 nitrogen and oxygen atoms in total. The minimum absolute atomic E-state index is 1.08. The van der Waals surface area contributed by atoms with Crippen molar-refractivity contribution in [3.8, 4) is 0 Å². The normalized spacial score (nSPS) is 10.1. The highest BCUT2D eigenvalue weighted by Gasteiger charge is 2.01. The first-order valence-corrected chi connectivity index (χ1v) is 4.03. The first-order valence-electron chi connectivity index (χ1n) is 4.03. The summed E-state index contributed by atoms with van der Waals surface area (Å²) in [6.07, 6.45) is 4.12. The van der Waals surface area contributed by atoms with E-state index >= 15 is 0 Å². The molecule has 0 fully saturated rings. The zero-order valence-corrected chi connectivity index (χ0v) is 7.39. The van der Waals surface area contributed by atoms with E-state index in [-0.39, 0.29) is 0 Å². The van der Waals surface area contributed by atoms with Gasteiger partial charge in [-0.1, -0.05) is 13.3 Å². The quantitative estimate of drug-likeness (QED) is 0.644. The topological polar surface area (TPSA) is 25.8 Å². The molecule has 1 aromatic rings. The number of hydrogen-bond acceptors (Lipinski definition) is 2. The molecule has 0 saturated heterocycles. The highest BCUT2D eigenvalue weighted by atomic mass is 15.1. The fourth-order valence-corrected chi connectivity index (χ4v) is 1.25. The molecule has 0 spiro atoms. The molecule has 0 unspecified atom stereocenters. The van der Waals surface area contributed by atoms with Crippen LogP contribution in [-0.4, -0.2) is 10.2 Å². The van der Waals surface area contributed by atoms with Crippen LogP contribution in [0, 0.1) is 13.8 Å². The fourth-order valence-electron chi connectivity index (χ4n) is 1.25. The summed E-state index contributed by atoms with van der Waals surface area (Å²) < 4.78 is 0. The Bertz CT molecular complexity index is 223. The highest BCUT2D eigenvalue weighted by Crippen LogP contribution is 2.10. The van der Waals surface area contributed by atoms with Crippen LogP contribution in [0.1, 0.15) is 30.2 Å². The van der Waals surface area contributed by atoms with Gasteiger partial charge in [0.2, 0.25) is 0 Å². The van der Waals surface area contributed by atoms with Crippen LogP contribution in [0.4, 0.5) is 0 Å². The van der Waals surface area contributed by atoms with Crippen LogP contribution in [0.2, 0.25) is 0 Å². The molecule has 0 amide bonds. The third kappa shape index (κ3) is 1.76. The molecular weight excluding hydrogens is 136 g/mol. The molecule has 2 heteroatoms. The van der Waals surface area contributed by atoms with Crippen LogP contribution in [0.25, 0.3) is 0 Å². The number of rotatable bonds is 2. The van der Waals surface area contributed by atoms with Crippen LogP contribution >= 0.6 is 0 Å². The van der Waals surface area contributed by atoms with Crippen molar-refractivity contribution in [1.29, 1.82) is 0 Å². The average Bonchev–Trinajstić information content (AvgIpc) is 1.97. The van der Waals surface area contributed by atoms with Crippen molar-refractivity contribution in [3.05, 3.63) is 23.0 Å². The van der Waals surface area contributed by atoms with Gasteiger partial charge < -0.3 is 0 Å². The van der Waals surface area contributed by atoms with Gasteiger partial charge in [-0.25, -0.2) is 0 Å². The summed E-state index contributed by atoms with van der Waals surface area (Å²) in [6.45, 7) is 6.29. The highest BCUT2D eigenvalue weighted by molar-refractivity contribution is 5.25. The van der Waals surface area contributed by atoms with Gasteiger partial charge >= 0.3 is 0 Å². The Balaban J connectivity index is 3.00. The van der Waals surface area contributed by atoms with Gasteiger partial charge in [-0.3, -0.25) is 0 Å². The lowest BCUT2D eigenvalue weighted by atomic mass is 10.1. The van der Waals surface area contributed by atoms with E-state index in [1.807, 2.05) is 13.1 Å². The van der Waals surface area contributed by atoms with E-state index in [4.69, 9.17) is 0 Å². The summed E-state index contributed by atoms with van der Waals surface area (Å²) in [7, 11) is 0. The summed E-state index contributed by atoms with van der Waals surface area (Å²) in [5, 5.41) is 7.89. The Morgan fingerprint density at radius 3 is 2.64 bits per heavy atom. The molecule has 1 aromatic heterocycles. The van der Waals surface area contributed by atoms with Crippen molar-refractivity contribution in [2.45, 2.75) is 33.6 Å². The minimum atomic E-state index is 1.08. The number of aryl methyl sites for hydroxylation is 2. The maximum Gasteiger partial charge on any atom is 0.0634 e. The Hall–Kier alpha value is -0.920. The molecule has 1 heterocycles. The smallest absolute Gasteiger partial charge is 0.0634 e. The van der Waals surface area contributed by atoms with E-state index in [0.29, 0.717) is 0 Å². The summed E-state index contributed by atoms with van der Waals surface area (Å²) >= 11 is 0. The Morgan fingerprint density at radius 2 is 2.09 bits per heavy atom. The van der Waals surface area contributed by atoms with Crippen molar-refractivity contribution < 1.29 is 0 Å². The maximum absolute atomic E-state index is 4.01. The van der Waals surface area contributed by atoms with Gasteiger partial charge in [-0.05, 0) is 31.4 Å². The van der Waals surface area contributed by atoms with Gasteiger partial charge in [0.25, 0.3) is 0 Å². The first kappa shape index (κ1) is 8.18. The lowest BCUT2D eigenvalue weighted by molar-refractivity contribution is 0.853. The van der Waals surface area contributed by atoms with Crippen LogP contribution in [0.3, 0.4) is 0 Å². The number of nitrogens with zero attached hydrogens (tertiary/aromatic N) is 2. The fraction of sp³-hybridized carbons (Fsp3) is 0.556. The van der Waals surface area contributed by atoms with Crippen molar-refractivity contribution in [3.63, 3.8) is 0 Å². The van der Waals surface area contributed by atoms with Crippen LogP contribution in [0.15, 0.2) is 6.20 Å². The van der Waals surface area contributed by atoms with Gasteiger partial charge in [0, 0.05) is 0 Å². The summed E-state index contributed by atoms with van der Waals surface area (Å²) in [5.41, 5.74) is 3.70. The monoisotopic (exact) mass is 150 g/mol. The molecule has 0 aliphatic rings. The van der Waals surface area contributed by atoms with Crippen LogP contribution in [-0.2, 0) is 6.42 Å². The zero-order chi connectivity index (χ0) is 8.27. The Labute approximate surface area is 67.7 Å². The SMILES string of the molecule is CCCc1c(C)cnnc1C. The van der Waals surface area contributed by atoms with E-state index in [2.05, 4.69) is 24.0 Å². The molecule has 0 bridgehead atoms. The second-order valence-corrected chi connectivity index (χ2v) is 2.84. The standard InChI is InChI=1S/C9H14N2/c1-4-5-9-7(2)6-10-11-8(9)3/h6H,4-5H2,1-3H3. The van der Waals surface area contributed by atoms with E-state index < -0.39 is 0 Å². The van der Waals surface area contributed by atoms with Gasteiger partial charge in [0.1, 0.15) is 0 Å². The predicted molar refractivity (Wildman–Crippen MR) is 45.5 cm³/mol. The van der Waals surface area contributed by atoms with Gasteiger partial charge in [0.15, 0.2) is 0 Å². The molecular formula is C9H14N2. The molecule has 1 rings (SSSR count). The molecule has 0 radical (unpaired) electrons. The average molecular weight is 150 g/mol. The van der Waals surface area contributed by atoms with Crippen molar-refractivity contribution in [1.82, 2.24) is 10.2 Å². The Morgan fingerprint density at radius 1 is 1.36 bits per heavy atom.